The van der Waals surface area contributed by atoms with Crippen LogP contribution in [-0.2, 0) is 16.0 Å². The highest BCUT2D eigenvalue weighted by Gasteiger charge is 2.08. The van der Waals surface area contributed by atoms with Crippen molar-refractivity contribution in [1.29, 1.82) is 0 Å². The monoisotopic (exact) mass is 282 g/mol. The van der Waals surface area contributed by atoms with Crippen LogP contribution >= 0.6 is 0 Å². The highest BCUT2D eigenvalue weighted by atomic mass is 16.7. The Balaban J connectivity index is 2.33. The van der Waals surface area contributed by atoms with Crippen molar-refractivity contribution >= 4 is 5.69 Å². The molecule has 0 unspecified atom stereocenters. The predicted octanol–water partition coefficient (Wildman–Crippen LogP) is 2.47. The maximum absolute atomic E-state index is 10.7. The van der Waals surface area contributed by atoms with Gasteiger partial charge in [-0.15, -0.1) is 0 Å². The van der Waals surface area contributed by atoms with E-state index in [9.17, 15) is 10.1 Å². The zero-order valence-electron chi connectivity index (χ0n) is 12.0. The molecule has 0 fully saturated rings. The Morgan fingerprint density at radius 1 is 1.30 bits per heavy atom. The molecule has 0 aliphatic heterocycles. The van der Waals surface area contributed by atoms with Gasteiger partial charge in [0.1, 0.15) is 0 Å². The fourth-order valence-electron chi connectivity index (χ4n) is 1.82. The van der Waals surface area contributed by atoms with Crippen molar-refractivity contribution in [2.45, 2.75) is 33.1 Å². The molecule has 112 valence electrons. The van der Waals surface area contributed by atoms with Crippen molar-refractivity contribution < 1.29 is 14.4 Å². The number of nitro benzene ring substituents is 1. The second kappa shape index (κ2) is 9.41. The second-order valence-electron chi connectivity index (χ2n) is 4.23. The number of rotatable bonds is 10. The molecular weight excluding hydrogens is 260 g/mol. The normalized spacial score (nSPS) is 10.9. The minimum Gasteiger partial charge on any atom is -0.353 e. The SMILES string of the molecule is CCOC(CCNCc1cccc([N+](=O)[O-])c1)OCC. The highest BCUT2D eigenvalue weighted by Crippen LogP contribution is 2.12. The van der Waals surface area contributed by atoms with Crippen LogP contribution in [0.2, 0.25) is 0 Å². The highest BCUT2D eigenvalue weighted by molar-refractivity contribution is 5.34. The number of non-ortho nitro benzene ring substituents is 1. The van der Waals surface area contributed by atoms with Crippen LogP contribution in [0.3, 0.4) is 0 Å². The molecule has 1 aromatic rings. The minimum absolute atomic E-state index is 0.116. The minimum atomic E-state index is -0.385. The Bertz CT molecular complexity index is 406. The first-order valence-corrected chi connectivity index (χ1v) is 6.84. The van der Waals surface area contributed by atoms with Crippen LogP contribution < -0.4 is 5.32 Å². The third-order valence-electron chi connectivity index (χ3n) is 2.71. The van der Waals surface area contributed by atoms with Crippen LogP contribution in [0.1, 0.15) is 25.8 Å². The Morgan fingerprint density at radius 2 is 2.00 bits per heavy atom. The first-order valence-electron chi connectivity index (χ1n) is 6.84. The average Bonchev–Trinajstić information content (AvgIpc) is 2.44. The van der Waals surface area contributed by atoms with Crippen molar-refractivity contribution in [2.75, 3.05) is 19.8 Å². The van der Waals surface area contributed by atoms with E-state index in [4.69, 9.17) is 9.47 Å². The van der Waals surface area contributed by atoms with Crippen LogP contribution in [-0.4, -0.2) is 31.0 Å². The molecule has 6 nitrogen and oxygen atoms in total. The zero-order chi connectivity index (χ0) is 14.8. The molecule has 1 rings (SSSR count). The van der Waals surface area contributed by atoms with Gasteiger partial charge in [0, 0.05) is 44.9 Å². The molecule has 1 aromatic carbocycles. The molecule has 0 amide bonds. The van der Waals surface area contributed by atoms with E-state index in [1.165, 1.54) is 6.07 Å². The van der Waals surface area contributed by atoms with Crippen LogP contribution in [0.5, 0.6) is 0 Å². The lowest BCUT2D eigenvalue weighted by molar-refractivity contribution is -0.384. The summed E-state index contributed by atoms with van der Waals surface area (Å²) >= 11 is 0. The Kier molecular flexibility index (Phi) is 7.79. The van der Waals surface area contributed by atoms with Gasteiger partial charge in [0.25, 0.3) is 5.69 Å². The van der Waals surface area contributed by atoms with E-state index in [1.807, 2.05) is 19.9 Å². The fraction of sp³-hybridized carbons (Fsp3) is 0.571. The van der Waals surface area contributed by atoms with Crippen molar-refractivity contribution in [3.63, 3.8) is 0 Å². The lowest BCUT2D eigenvalue weighted by atomic mass is 10.2. The average molecular weight is 282 g/mol. The summed E-state index contributed by atoms with van der Waals surface area (Å²) in [7, 11) is 0. The molecule has 0 atom stereocenters. The predicted molar refractivity (Wildman–Crippen MR) is 76.5 cm³/mol. The van der Waals surface area contributed by atoms with Crippen molar-refractivity contribution in [1.82, 2.24) is 5.32 Å². The topological polar surface area (TPSA) is 73.6 Å². The zero-order valence-corrected chi connectivity index (χ0v) is 12.0. The number of benzene rings is 1. The van der Waals surface area contributed by atoms with Crippen LogP contribution in [0.15, 0.2) is 24.3 Å². The number of nitro groups is 1. The summed E-state index contributed by atoms with van der Waals surface area (Å²) in [6, 6.07) is 6.63. The summed E-state index contributed by atoms with van der Waals surface area (Å²) < 4.78 is 10.9. The van der Waals surface area contributed by atoms with Crippen LogP contribution in [0, 0.1) is 10.1 Å². The molecule has 0 spiro atoms. The first-order chi connectivity index (χ1) is 9.67. The molecule has 0 aromatic heterocycles. The molecule has 0 bridgehead atoms. The van der Waals surface area contributed by atoms with E-state index in [0.717, 1.165) is 18.5 Å². The van der Waals surface area contributed by atoms with E-state index >= 15 is 0 Å². The summed E-state index contributed by atoms with van der Waals surface area (Å²) in [5.41, 5.74) is 1.01. The van der Waals surface area contributed by atoms with E-state index in [1.54, 1.807) is 12.1 Å². The third-order valence-corrected chi connectivity index (χ3v) is 2.71. The Morgan fingerprint density at radius 3 is 2.60 bits per heavy atom. The van der Waals surface area contributed by atoms with Crippen molar-refractivity contribution in [2.24, 2.45) is 0 Å². The van der Waals surface area contributed by atoms with Gasteiger partial charge in [-0.25, -0.2) is 0 Å². The summed E-state index contributed by atoms with van der Waals surface area (Å²) in [6.45, 7) is 6.43. The lowest BCUT2D eigenvalue weighted by Gasteiger charge is -2.16. The molecule has 0 aliphatic carbocycles. The summed E-state index contributed by atoms with van der Waals surface area (Å²) in [4.78, 5) is 10.3. The van der Waals surface area contributed by atoms with Gasteiger partial charge in [0.15, 0.2) is 6.29 Å². The van der Waals surface area contributed by atoms with Gasteiger partial charge >= 0.3 is 0 Å². The molecule has 1 N–H and O–H groups in total. The van der Waals surface area contributed by atoms with Gasteiger partial charge in [-0.05, 0) is 19.4 Å². The molecule has 0 aliphatic rings. The molecule has 6 heteroatoms. The number of nitrogens with one attached hydrogen (secondary N) is 1. The summed E-state index contributed by atoms with van der Waals surface area (Å²) in [5.74, 6) is 0. The molecule has 20 heavy (non-hydrogen) atoms. The number of ether oxygens (including phenoxy) is 2. The Hall–Kier alpha value is -1.50. The van der Waals surface area contributed by atoms with Gasteiger partial charge in [-0.3, -0.25) is 10.1 Å². The number of nitrogens with zero attached hydrogens (tertiary/aromatic N) is 1. The van der Waals surface area contributed by atoms with E-state index in [0.29, 0.717) is 19.8 Å². The van der Waals surface area contributed by atoms with Gasteiger partial charge in [-0.1, -0.05) is 12.1 Å². The maximum atomic E-state index is 10.7. The molecule has 0 saturated heterocycles. The van der Waals surface area contributed by atoms with Gasteiger partial charge in [-0.2, -0.15) is 0 Å². The van der Waals surface area contributed by atoms with E-state index < -0.39 is 0 Å². The van der Waals surface area contributed by atoms with Crippen molar-refractivity contribution in [3.8, 4) is 0 Å². The quantitative estimate of drug-likeness (QED) is 0.309. The summed E-state index contributed by atoms with van der Waals surface area (Å²) in [6.07, 6.45) is 0.555. The maximum Gasteiger partial charge on any atom is 0.269 e. The molecule has 0 radical (unpaired) electrons. The van der Waals surface area contributed by atoms with Crippen LogP contribution in [0.25, 0.3) is 0 Å². The fourth-order valence-corrected chi connectivity index (χ4v) is 1.82. The standard InChI is InChI=1S/C14H22N2O4/c1-3-19-14(20-4-2)8-9-15-11-12-6-5-7-13(10-12)16(17)18/h5-7,10,14-15H,3-4,8-9,11H2,1-2H3. The lowest BCUT2D eigenvalue weighted by Crippen LogP contribution is -2.24. The molecule has 0 saturated carbocycles. The second-order valence-corrected chi connectivity index (χ2v) is 4.23. The Labute approximate surface area is 119 Å². The van der Waals surface area contributed by atoms with Gasteiger partial charge < -0.3 is 14.8 Å². The largest absolute Gasteiger partial charge is 0.353 e. The number of hydrogen-bond acceptors (Lipinski definition) is 5. The molecular formula is C14H22N2O4. The number of hydrogen-bond donors (Lipinski definition) is 1. The van der Waals surface area contributed by atoms with Gasteiger partial charge in [0.2, 0.25) is 0 Å². The van der Waals surface area contributed by atoms with E-state index in [-0.39, 0.29) is 16.9 Å². The van der Waals surface area contributed by atoms with Crippen LogP contribution in [0.4, 0.5) is 5.69 Å². The van der Waals surface area contributed by atoms with Crippen molar-refractivity contribution in [3.05, 3.63) is 39.9 Å². The molecule has 0 heterocycles. The summed E-state index contributed by atoms with van der Waals surface area (Å²) in [5, 5.41) is 13.9. The smallest absolute Gasteiger partial charge is 0.269 e. The first kappa shape index (κ1) is 16.6. The van der Waals surface area contributed by atoms with Gasteiger partial charge in [0.05, 0.1) is 4.92 Å². The van der Waals surface area contributed by atoms with E-state index in [2.05, 4.69) is 5.32 Å². The third kappa shape index (κ3) is 6.10.